The first-order valence-corrected chi connectivity index (χ1v) is 12.5. The van der Waals surface area contributed by atoms with E-state index in [4.69, 9.17) is 0 Å². The van der Waals surface area contributed by atoms with Gasteiger partial charge in [0.2, 0.25) is 0 Å². The molecule has 11 heteroatoms. The predicted octanol–water partition coefficient (Wildman–Crippen LogP) is 2.02. The standard InChI is InChI=1S/C24H30N6O4S/c1-15(16-7-9-17(10-8-16)30-13-5-11-26-30)27-22(33)20(31)21(32)23(34)29-12-4-3-6-19(29)18-14-35-24(25-2)28-18/h5,7-11,13-15,19-21,31-32H,3-4,6,12H2,1-2H3,(H,25,28)(H,27,33)/t15-,19?,20-,21-/m1/s1. The molecule has 4 N–H and O–H groups in total. The number of nitrogens with one attached hydrogen (secondary N) is 2. The van der Waals surface area contributed by atoms with Gasteiger partial charge in [0.25, 0.3) is 11.8 Å². The molecule has 1 aliphatic rings. The van der Waals surface area contributed by atoms with Gasteiger partial charge < -0.3 is 25.7 Å². The van der Waals surface area contributed by atoms with Crippen LogP contribution in [-0.2, 0) is 9.59 Å². The van der Waals surface area contributed by atoms with Crippen molar-refractivity contribution in [3.63, 3.8) is 0 Å². The number of piperidine rings is 1. The molecule has 1 saturated heterocycles. The Morgan fingerprint density at radius 1 is 1.17 bits per heavy atom. The molecule has 3 aromatic rings. The van der Waals surface area contributed by atoms with Crippen LogP contribution in [0.1, 0.15) is 49.5 Å². The lowest BCUT2D eigenvalue weighted by Gasteiger charge is -2.36. The lowest BCUT2D eigenvalue weighted by atomic mass is 9.98. The van der Waals surface area contributed by atoms with Crippen molar-refractivity contribution in [3.05, 3.63) is 59.4 Å². The topological polar surface area (TPSA) is 133 Å². The van der Waals surface area contributed by atoms with Crippen molar-refractivity contribution in [2.24, 2.45) is 0 Å². The number of hydrogen-bond acceptors (Lipinski definition) is 8. The third-order valence-electron chi connectivity index (χ3n) is 6.20. The average molecular weight is 499 g/mol. The molecule has 0 saturated carbocycles. The van der Waals surface area contributed by atoms with Crippen LogP contribution in [0.3, 0.4) is 0 Å². The maximum atomic E-state index is 13.1. The first kappa shape index (κ1) is 24.8. The number of carbonyl (C=O) groups is 2. The molecule has 2 amide bonds. The summed E-state index contributed by atoms with van der Waals surface area (Å²) in [6, 6.07) is 8.52. The molecule has 0 spiro atoms. The van der Waals surface area contributed by atoms with E-state index in [-0.39, 0.29) is 6.04 Å². The summed E-state index contributed by atoms with van der Waals surface area (Å²) in [7, 11) is 1.78. The SMILES string of the molecule is CNc1nc(C2CCCCN2C(=O)[C@H](O)[C@@H](O)C(=O)N[C@H](C)c2ccc(-n3cccn3)cc2)cs1. The minimum Gasteiger partial charge on any atom is -0.380 e. The third-order valence-corrected chi connectivity index (χ3v) is 7.08. The highest BCUT2D eigenvalue weighted by atomic mass is 32.1. The van der Waals surface area contributed by atoms with Crippen molar-refractivity contribution < 1.29 is 19.8 Å². The number of aliphatic hydroxyl groups excluding tert-OH is 2. The van der Waals surface area contributed by atoms with Crippen LogP contribution in [-0.4, -0.2) is 67.5 Å². The summed E-state index contributed by atoms with van der Waals surface area (Å²) >= 11 is 1.44. The van der Waals surface area contributed by atoms with Gasteiger partial charge in [-0.05, 0) is 49.9 Å². The van der Waals surface area contributed by atoms with Gasteiger partial charge >= 0.3 is 0 Å². The minimum atomic E-state index is -1.89. The number of likely N-dealkylation sites (tertiary alicyclic amines) is 1. The zero-order valence-electron chi connectivity index (χ0n) is 19.7. The number of carbonyl (C=O) groups excluding carboxylic acids is 2. The molecular formula is C24H30N6O4S. The zero-order chi connectivity index (χ0) is 24.9. The van der Waals surface area contributed by atoms with E-state index in [0.717, 1.165) is 34.9 Å². The molecule has 4 atom stereocenters. The van der Waals surface area contributed by atoms with Gasteiger partial charge in [0.15, 0.2) is 17.3 Å². The lowest BCUT2D eigenvalue weighted by molar-refractivity contribution is -0.156. The van der Waals surface area contributed by atoms with E-state index in [0.29, 0.717) is 13.0 Å². The highest BCUT2D eigenvalue weighted by Crippen LogP contribution is 2.33. The number of hydrogen-bond donors (Lipinski definition) is 4. The number of aliphatic hydroxyl groups is 2. The maximum Gasteiger partial charge on any atom is 0.255 e. The van der Waals surface area contributed by atoms with Crippen LogP contribution in [0.15, 0.2) is 48.1 Å². The Balaban J connectivity index is 1.38. The van der Waals surface area contributed by atoms with Crippen molar-refractivity contribution in [2.75, 3.05) is 18.9 Å². The second kappa shape index (κ2) is 11.0. The summed E-state index contributed by atoms with van der Waals surface area (Å²) in [5, 5.41) is 33.6. The first-order valence-electron chi connectivity index (χ1n) is 11.6. The molecule has 0 bridgehead atoms. The van der Waals surface area contributed by atoms with Crippen LogP contribution in [0.4, 0.5) is 5.13 Å². The quantitative estimate of drug-likeness (QED) is 0.373. The Morgan fingerprint density at radius 2 is 1.94 bits per heavy atom. The van der Waals surface area contributed by atoms with Gasteiger partial charge in [-0.15, -0.1) is 11.3 Å². The Bertz CT molecular complexity index is 1130. The van der Waals surface area contributed by atoms with Crippen LogP contribution in [0.2, 0.25) is 0 Å². The fraction of sp³-hybridized carbons (Fsp3) is 0.417. The van der Waals surface area contributed by atoms with Gasteiger partial charge in [-0.2, -0.15) is 5.10 Å². The van der Waals surface area contributed by atoms with Gasteiger partial charge in [0.1, 0.15) is 0 Å². The lowest BCUT2D eigenvalue weighted by Crippen LogP contribution is -2.52. The summed E-state index contributed by atoms with van der Waals surface area (Å²) in [5.74, 6) is -1.48. The molecule has 35 heavy (non-hydrogen) atoms. The van der Waals surface area contributed by atoms with Crippen LogP contribution in [0, 0.1) is 0 Å². The van der Waals surface area contributed by atoms with E-state index in [1.165, 1.54) is 16.2 Å². The van der Waals surface area contributed by atoms with Crippen LogP contribution in [0.5, 0.6) is 0 Å². The number of thiazole rings is 1. The summed E-state index contributed by atoms with van der Waals surface area (Å²) in [6.45, 7) is 2.20. The number of rotatable bonds is 8. The Labute approximate surface area is 207 Å². The van der Waals surface area contributed by atoms with Gasteiger partial charge in [0, 0.05) is 31.4 Å². The molecule has 2 aromatic heterocycles. The molecule has 1 aliphatic heterocycles. The van der Waals surface area contributed by atoms with Crippen molar-refractivity contribution in [1.29, 1.82) is 0 Å². The summed E-state index contributed by atoms with van der Waals surface area (Å²) in [5.41, 5.74) is 2.42. The second-order valence-corrected chi connectivity index (χ2v) is 9.39. The van der Waals surface area contributed by atoms with E-state index < -0.39 is 30.1 Å². The normalized spacial score (nSPS) is 18.5. The Morgan fingerprint density at radius 3 is 2.60 bits per heavy atom. The number of benzene rings is 1. The van der Waals surface area contributed by atoms with E-state index >= 15 is 0 Å². The highest BCUT2D eigenvalue weighted by molar-refractivity contribution is 7.13. The van der Waals surface area contributed by atoms with Crippen molar-refractivity contribution in [3.8, 4) is 5.69 Å². The number of nitrogens with zero attached hydrogens (tertiary/aromatic N) is 4. The second-order valence-electron chi connectivity index (χ2n) is 8.53. The van der Waals surface area contributed by atoms with Crippen LogP contribution >= 0.6 is 11.3 Å². The molecule has 1 aromatic carbocycles. The van der Waals surface area contributed by atoms with Gasteiger partial charge in [-0.3, -0.25) is 9.59 Å². The molecule has 3 heterocycles. The fourth-order valence-electron chi connectivity index (χ4n) is 4.22. The van der Waals surface area contributed by atoms with E-state index in [2.05, 4.69) is 20.7 Å². The van der Waals surface area contributed by atoms with Gasteiger partial charge in [-0.25, -0.2) is 9.67 Å². The number of anilines is 1. The van der Waals surface area contributed by atoms with Crippen molar-refractivity contribution in [2.45, 2.75) is 50.5 Å². The van der Waals surface area contributed by atoms with Crippen LogP contribution < -0.4 is 10.6 Å². The third kappa shape index (κ3) is 5.53. The van der Waals surface area contributed by atoms with Crippen molar-refractivity contribution in [1.82, 2.24) is 25.0 Å². The molecule has 10 nitrogen and oxygen atoms in total. The van der Waals surface area contributed by atoms with E-state index in [1.54, 1.807) is 24.9 Å². The maximum absolute atomic E-state index is 13.1. The minimum absolute atomic E-state index is 0.299. The molecular weight excluding hydrogens is 468 g/mol. The number of aromatic nitrogens is 3. The molecule has 0 aliphatic carbocycles. The summed E-state index contributed by atoms with van der Waals surface area (Å²) in [6.07, 6.45) is 2.18. The molecule has 4 rings (SSSR count). The van der Waals surface area contributed by atoms with Gasteiger partial charge in [0.05, 0.1) is 23.5 Å². The summed E-state index contributed by atoms with van der Waals surface area (Å²) in [4.78, 5) is 31.8. The molecule has 1 fully saturated rings. The average Bonchev–Trinajstić information content (AvgIpc) is 3.60. The largest absolute Gasteiger partial charge is 0.380 e. The monoisotopic (exact) mass is 498 g/mol. The van der Waals surface area contributed by atoms with Crippen molar-refractivity contribution >= 4 is 28.3 Å². The zero-order valence-corrected chi connectivity index (χ0v) is 20.5. The molecule has 186 valence electrons. The van der Waals surface area contributed by atoms with Gasteiger partial charge in [-0.1, -0.05) is 12.1 Å². The first-order chi connectivity index (χ1) is 16.9. The smallest absolute Gasteiger partial charge is 0.255 e. The molecule has 1 unspecified atom stereocenters. The fourth-order valence-corrected chi connectivity index (χ4v) is 4.94. The predicted molar refractivity (Wildman–Crippen MR) is 132 cm³/mol. The van der Waals surface area contributed by atoms with E-state index in [9.17, 15) is 19.8 Å². The summed E-state index contributed by atoms with van der Waals surface area (Å²) < 4.78 is 1.72. The number of amides is 2. The highest BCUT2D eigenvalue weighted by Gasteiger charge is 2.38. The Kier molecular flexibility index (Phi) is 7.79. The molecule has 0 radical (unpaired) electrons. The Hall–Kier alpha value is -3.28. The van der Waals surface area contributed by atoms with E-state index in [1.807, 2.05) is 41.9 Å². The van der Waals surface area contributed by atoms with Crippen LogP contribution in [0.25, 0.3) is 5.69 Å².